The summed E-state index contributed by atoms with van der Waals surface area (Å²) in [6.45, 7) is 3.06. The van der Waals surface area contributed by atoms with E-state index < -0.39 is 0 Å². The number of aromatic nitrogens is 2. The first-order valence-electron chi connectivity index (χ1n) is 6.19. The fourth-order valence-corrected chi connectivity index (χ4v) is 1.86. The summed E-state index contributed by atoms with van der Waals surface area (Å²) in [5.74, 6) is 1.28. The molecule has 0 aliphatic rings. The molecule has 5 heteroatoms. The molecule has 0 unspecified atom stereocenters. The monoisotopic (exact) mass is 240 g/mol. The quantitative estimate of drug-likeness (QED) is 0.742. The van der Waals surface area contributed by atoms with Crippen LogP contribution in [0.2, 0.25) is 0 Å². The minimum Gasteiger partial charge on any atom is -0.478 e. The highest BCUT2D eigenvalue weighted by molar-refractivity contribution is 5.69. The minimum absolute atomic E-state index is 0.600. The zero-order chi connectivity index (χ0) is 12.8. The largest absolute Gasteiger partial charge is 0.478 e. The Morgan fingerprint density at radius 1 is 1.29 bits per heavy atom. The van der Waals surface area contributed by atoms with Crippen LogP contribution in [-0.4, -0.2) is 31.0 Å². The second-order valence-electron chi connectivity index (χ2n) is 4.42. The molecule has 0 atom stereocenters. The third kappa shape index (κ3) is 3.28. The van der Waals surface area contributed by atoms with Crippen molar-refractivity contribution in [3.63, 3.8) is 0 Å². The zero-order valence-electron chi connectivity index (χ0n) is 11.4. The van der Waals surface area contributed by atoms with E-state index in [4.69, 9.17) is 10.5 Å². The molecular formula is C12H24N4O. The summed E-state index contributed by atoms with van der Waals surface area (Å²) in [7, 11) is 5.50. The lowest BCUT2D eigenvalue weighted by molar-refractivity contribution is 0.387. The van der Waals surface area contributed by atoms with Crippen LogP contribution in [0.3, 0.4) is 0 Å². The van der Waals surface area contributed by atoms with Crippen LogP contribution in [0.25, 0.3) is 0 Å². The Kier molecular flexibility index (Phi) is 5.12. The third-order valence-electron chi connectivity index (χ3n) is 2.80. The van der Waals surface area contributed by atoms with Crippen LogP contribution < -0.4 is 15.4 Å². The van der Waals surface area contributed by atoms with E-state index in [1.54, 1.807) is 7.11 Å². The molecule has 2 N–H and O–H groups in total. The van der Waals surface area contributed by atoms with E-state index in [1.165, 1.54) is 19.3 Å². The van der Waals surface area contributed by atoms with Crippen LogP contribution in [-0.2, 0) is 6.54 Å². The smallest absolute Gasteiger partial charge is 0.258 e. The fourth-order valence-electron chi connectivity index (χ4n) is 1.86. The van der Waals surface area contributed by atoms with Gasteiger partial charge >= 0.3 is 0 Å². The summed E-state index contributed by atoms with van der Waals surface area (Å²) in [6.07, 6.45) is 4.82. The maximum Gasteiger partial charge on any atom is 0.258 e. The van der Waals surface area contributed by atoms with Crippen LogP contribution >= 0.6 is 0 Å². The highest BCUT2D eigenvalue weighted by atomic mass is 16.5. The molecule has 1 aromatic rings. The first-order chi connectivity index (χ1) is 8.11. The highest BCUT2D eigenvalue weighted by Crippen LogP contribution is 2.32. The standard InChI is InChI=1S/C12H24N4O/c1-5-6-7-8-9-16-11(13)10(15(2)3)12(14-16)17-4/h5-9,13H2,1-4H3. The Balaban J connectivity index is 2.73. The van der Waals surface area contributed by atoms with Gasteiger partial charge in [-0.3, -0.25) is 0 Å². The number of rotatable bonds is 7. The van der Waals surface area contributed by atoms with Crippen LogP contribution in [0.4, 0.5) is 11.5 Å². The van der Waals surface area contributed by atoms with Crippen molar-refractivity contribution in [2.75, 3.05) is 31.8 Å². The van der Waals surface area contributed by atoms with Gasteiger partial charge in [0.15, 0.2) is 0 Å². The maximum atomic E-state index is 6.07. The average Bonchev–Trinajstić information content (AvgIpc) is 2.61. The Morgan fingerprint density at radius 2 is 2.00 bits per heavy atom. The number of methoxy groups -OCH3 is 1. The number of aryl methyl sites for hydroxylation is 1. The van der Waals surface area contributed by atoms with Crippen molar-refractivity contribution in [2.45, 2.75) is 39.2 Å². The van der Waals surface area contributed by atoms with Gasteiger partial charge in [0.2, 0.25) is 0 Å². The summed E-state index contributed by atoms with van der Waals surface area (Å²) in [5, 5.41) is 4.37. The maximum absolute atomic E-state index is 6.07. The topological polar surface area (TPSA) is 56.3 Å². The molecule has 1 rings (SSSR count). The average molecular weight is 240 g/mol. The second kappa shape index (κ2) is 6.37. The SMILES string of the molecule is CCCCCCn1nc(OC)c(N(C)C)c1N. The number of ether oxygens (including phenoxy) is 1. The Labute approximate surface area is 104 Å². The zero-order valence-corrected chi connectivity index (χ0v) is 11.4. The van der Waals surface area contributed by atoms with E-state index >= 15 is 0 Å². The molecule has 0 spiro atoms. The van der Waals surface area contributed by atoms with E-state index in [1.807, 2.05) is 23.7 Å². The third-order valence-corrected chi connectivity index (χ3v) is 2.80. The van der Waals surface area contributed by atoms with Gasteiger partial charge in [0.05, 0.1) is 7.11 Å². The Hall–Kier alpha value is -1.39. The Bertz CT molecular complexity index is 347. The molecule has 1 aromatic heterocycles. The summed E-state index contributed by atoms with van der Waals surface area (Å²) in [6, 6.07) is 0. The summed E-state index contributed by atoms with van der Waals surface area (Å²) in [5.41, 5.74) is 6.94. The van der Waals surface area contributed by atoms with Gasteiger partial charge < -0.3 is 15.4 Å². The van der Waals surface area contributed by atoms with Gasteiger partial charge in [0.25, 0.3) is 5.88 Å². The molecule has 17 heavy (non-hydrogen) atoms. The predicted molar refractivity (Wildman–Crippen MR) is 71.7 cm³/mol. The van der Waals surface area contributed by atoms with Gasteiger partial charge in [-0.05, 0) is 6.42 Å². The van der Waals surface area contributed by atoms with Crippen molar-refractivity contribution in [2.24, 2.45) is 0 Å². The first-order valence-corrected chi connectivity index (χ1v) is 6.19. The number of nitrogens with two attached hydrogens (primary N) is 1. The number of hydrogen-bond acceptors (Lipinski definition) is 4. The first kappa shape index (κ1) is 13.7. The number of hydrogen-bond donors (Lipinski definition) is 1. The lowest BCUT2D eigenvalue weighted by atomic mass is 10.2. The van der Waals surface area contributed by atoms with Crippen molar-refractivity contribution >= 4 is 11.5 Å². The van der Waals surface area contributed by atoms with Crippen molar-refractivity contribution in [3.8, 4) is 5.88 Å². The molecule has 0 saturated heterocycles. The van der Waals surface area contributed by atoms with E-state index in [-0.39, 0.29) is 0 Å². The van der Waals surface area contributed by atoms with Gasteiger partial charge in [-0.1, -0.05) is 26.2 Å². The highest BCUT2D eigenvalue weighted by Gasteiger charge is 2.17. The summed E-state index contributed by atoms with van der Waals surface area (Å²) >= 11 is 0. The summed E-state index contributed by atoms with van der Waals surface area (Å²) < 4.78 is 7.08. The van der Waals surface area contributed by atoms with Crippen LogP contribution in [0, 0.1) is 0 Å². The molecule has 0 bridgehead atoms. The molecule has 0 aromatic carbocycles. The lowest BCUT2D eigenvalue weighted by Crippen LogP contribution is -2.12. The molecule has 98 valence electrons. The molecular weight excluding hydrogens is 216 g/mol. The number of unbranched alkanes of at least 4 members (excludes halogenated alkanes) is 3. The number of nitrogens with zero attached hydrogens (tertiary/aromatic N) is 3. The van der Waals surface area contributed by atoms with Gasteiger partial charge in [0, 0.05) is 20.6 Å². The molecule has 5 nitrogen and oxygen atoms in total. The van der Waals surface area contributed by atoms with E-state index in [2.05, 4.69) is 12.0 Å². The predicted octanol–water partition coefficient (Wildman–Crippen LogP) is 2.12. The fraction of sp³-hybridized carbons (Fsp3) is 0.750. The van der Waals surface area contributed by atoms with Crippen LogP contribution in [0.1, 0.15) is 32.6 Å². The van der Waals surface area contributed by atoms with E-state index in [0.29, 0.717) is 11.7 Å². The van der Waals surface area contributed by atoms with Crippen molar-refractivity contribution in [1.29, 1.82) is 0 Å². The van der Waals surface area contributed by atoms with Gasteiger partial charge in [-0.25, -0.2) is 4.68 Å². The molecule has 0 saturated carbocycles. The number of nitrogen functional groups attached to an aromatic ring is 1. The van der Waals surface area contributed by atoms with Gasteiger partial charge in [-0.2, -0.15) is 0 Å². The Morgan fingerprint density at radius 3 is 2.47 bits per heavy atom. The molecule has 0 aliphatic heterocycles. The van der Waals surface area contributed by atoms with E-state index in [0.717, 1.165) is 18.7 Å². The molecule has 0 fully saturated rings. The van der Waals surface area contributed by atoms with Gasteiger partial charge in [0.1, 0.15) is 11.5 Å². The summed E-state index contributed by atoms with van der Waals surface area (Å²) in [4.78, 5) is 1.93. The van der Waals surface area contributed by atoms with Crippen LogP contribution in [0.5, 0.6) is 5.88 Å². The lowest BCUT2D eigenvalue weighted by Gasteiger charge is -2.12. The van der Waals surface area contributed by atoms with Crippen molar-refractivity contribution in [1.82, 2.24) is 9.78 Å². The van der Waals surface area contributed by atoms with Crippen molar-refractivity contribution in [3.05, 3.63) is 0 Å². The molecule has 1 heterocycles. The second-order valence-corrected chi connectivity index (χ2v) is 4.42. The molecule has 0 aliphatic carbocycles. The number of anilines is 2. The van der Waals surface area contributed by atoms with Gasteiger partial charge in [-0.15, -0.1) is 5.10 Å². The van der Waals surface area contributed by atoms with Crippen molar-refractivity contribution < 1.29 is 4.74 Å². The molecule has 0 amide bonds. The minimum atomic E-state index is 0.600. The van der Waals surface area contributed by atoms with Crippen LogP contribution in [0.15, 0.2) is 0 Å². The van der Waals surface area contributed by atoms with E-state index in [9.17, 15) is 0 Å². The normalized spacial score (nSPS) is 10.6. The molecule has 0 radical (unpaired) electrons.